The van der Waals surface area contributed by atoms with Crippen molar-refractivity contribution >= 4 is 75.1 Å². The fourth-order valence-electron chi connectivity index (χ4n) is 0. The average Bonchev–Trinajstić information content (AvgIpc) is 0. The molecule has 0 rings (SSSR count). The van der Waals surface area contributed by atoms with Crippen molar-refractivity contribution in [2.24, 2.45) is 0 Å². The zero-order valence-electron chi connectivity index (χ0n) is 2.52. The molecule has 4 heavy (non-hydrogen) atoms. The molecule has 0 aromatic carbocycles. The van der Waals surface area contributed by atoms with Crippen LogP contribution in [0.15, 0.2) is 0 Å². The summed E-state index contributed by atoms with van der Waals surface area (Å²) in [4.78, 5) is 0. The van der Waals surface area contributed by atoms with Gasteiger partial charge in [0, 0.05) is 75.1 Å². The molecule has 0 atom stereocenters. The maximum Gasteiger partial charge on any atom is 0 e. The topological polar surface area (TPSA) is 0 Å². The standard InChI is InChI=1S/B.Bi.Na.Si. The van der Waals surface area contributed by atoms with Crippen molar-refractivity contribution in [1.29, 1.82) is 0 Å². The molecule has 0 spiro atoms. The molecule has 4 heteroatoms. The van der Waals surface area contributed by atoms with Gasteiger partial charge in [0.25, 0.3) is 0 Å². The first-order chi connectivity index (χ1) is 0. The van der Waals surface area contributed by atoms with E-state index in [0.29, 0.717) is 0 Å². The SMILES string of the molecule is [B].[Bi].[Na].[Si]. The summed E-state index contributed by atoms with van der Waals surface area (Å²) in [5, 5.41) is 0. The molecule has 13 valence electrons. The zero-order valence-corrected chi connectivity index (χ0v) is 9.00. The van der Waals surface area contributed by atoms with Crippen LogP contribution in [0.3, 0.4) is 0 Å². The molecule has 11 radical (unpaired) electrons. The van der Waals surface area contributed by atoms with Crippen LogP contribution >= 0.6 is 0 Å². The maximum atomic E-state index is 0. The van der Waals surface area contributed by atoms with E-state index in [9.17, 15) is 0 Å². The van der Waals surface area contributed by atoms with E-state index in [1.165, 1.54) is 0 Å². The number of hydrogen-bond donors (Lipinski definition) is 0. The largest absolute Gasteiger partial charge is 0 e. The second-order valence-corrected chi connectivity index (χ2v) is 0. The van der Waals surface area contributed by atoms with Crippen molar-refractivity contribution in [3.05, 3.63) is 0 Å². The summed E-state index contributed by atoms with van der Waals surface area (Å²) in [6, 6.07) is 0. The molecule has 0 N–H and O–H groups in total. The van der Waals surface area contributed by atoms with Crippen LogP contribution < -0.4 is 0 Å². The Bertz CT molecular complexity index is 8.00. The fraction of sp³-hybridized carbons (Fsp3) is 0. The summed E-state index contributed by atoms with van der Waals surface area (Å²) in [5.74, 6) is 0. The third-order valence-corrected chi connectivity index (χ3v) is 0. The van der Waals surface area contributed by atoms with Crippen molar-refractivity contribution in [2.45, 2.75) is 0 Å². The summed E-state index contributed by atoms with van der Waals surface area (Å²) in [7, 11) is 0. The van der Waals surface area contributed by atoms with Gasteiger partial charge >= 0.3 is 0 Å². The van der Waals surface area contributed by atoms with E-state index in [1.54, 1.807) is 0 Å². The molecule has 0 amide bonds. The number of hydrogen-bond acceptors (Lipinski definition) is 0. The molecule has 0 aliphatic rings. The van der Waals surface area contributed by atoms with Crippen LogP contribution in [-0.2, 0) is 0 Å². The zero-order chi connectivity index (χ0) is 0. The Morgan fingerprint density at radius 3 is 1.00 bits per heavy atom. The van der Waals surface area contributed by atoms with Gasteiger partial charge in [-0.05, 0) is 0 Å². The van der Waals surface area contributed by atoms with Gasteiger partial charge in [-0.25, -0.2) is 0 Å². The van der Waals surface area contributed by atoms with Crippen LogP contribution in [0.4, 0.5) is 0 Å². The van der Waals surface area contributed by atoms with Gasteiger partial charge in [0.15, 0.2) is 0 Å². The summed E-state index contributed by atoms with van der Waals surface area (Å²) in [6.45, 7) is 0. The van der Waals surface area contributed by atoms with Crippen molar-refractivity contribution in [3.8, 4) is 0 Å². The Labute approximate surface area is 74.1 Å². The molecule has 0 bridgehead atoms. The van der Waals surface area contributed by atoms with Gasteiger partial charge in [-0.2, -0.15) is 0 Å². The molecule has 0 saturated carbocycles. The van der Waals surface area contributed by atoms with Crippen LogP contribution in [0.25, 0.3) is 0 Å². The Balaban J connectivity index is 0. The Kier molecular flexibility index (Phi) is 168. The van der Waals surface area contributed by atoms with E-state index in [1.807, 2.05) is 0 Å². The Morgan fingerprint density at radius 1 is 1.00 bits per heavy atom. The first-order valence-electron chi connectivity index (χ1n) is 0. The molecule has 0 aromatic heterocycles. The van der Waals surface area contributed by atoms with E-state index in [4.69, 9.17) is 0 Å². The molecule has 0 heterocycles. The average molecular weight is 271 g/mol. The molecule has 0 aliphatic carbocycles. The van der Waals surface area contributed by atoms with Gasteiger partial charge in [-0.15, -0.1) is 0 Å². The molecular weight excluding hydrogens is 271 g/mol. The smallest absolute Gasteiger partial charge is 0 e. The third-order valence-electron chi connectivity index (χ3n) is 0. The summed E-state index contributed by atoms with van der Waals surface area (Å²) >= 11 is 0. The minimum atomic E-state index is 0. The molecule has 0 aromatic rings. The molecular formula is BBiNaSi. The monoisotopic (exact) mass is 271 g/mol. The van der Waals surface area contributed by atoms with Gasteiger partial charge in [0.2, 0.25) is 0 Å². The Hall–Kier alpha value is 2.16. The van der Waals surface area contributed by atoms with Gasteiger partial charge in [0.1, 0.15) is 0 Å². The third kappa shape index (κ3) is 8.90. The van der Waals surface area contributed by atoms with E-state index in [0.717, 1.165) is 0 Å². The molecule has 0 saturated heterocycles. The molecule has 0 nitrogen and oxygen atoms in total. The van der Waals surface area contributed by atoms with Crippen molar-refractivity contribution in [1.82, 2.24) is 0 Å². The molecule has 0 unspecified atom stereocenters. The van der Waals surface area contributed by atoms with E-state index >= 15 is 0 Å². The first-order valence-corrected chi connectivity index (χ1v) is 0. The van der Waals surface area contributed by atoms with Crippen LogP contribution in [0, 0.1) is 0 Å². The maximum absolute atomic E-state index is 0. The minimum absolute atomic E-state index is 0. The number of rotatable bonds is 0. The predicted molar refractivity (Wildman–Crippen MR) is 23.0 cm³/mol. The first kappa shape index (κ1) is 35.1. The molecule has 0 fully saturated rings. The second-order valence-electron chi connectivity index (χ2n) is 0. The molecule has 0 aliphatic heterocycles. The van der Waals surface area contributed by atoms with Crippen LogP contribution in [0.1, 0.15) is 0 Å². The Morgan fingerprint density at radius 2 is 1.00 bits per heavy atom. The van der Waals surface area contributed by atoms with Gasteiger partial charge in [-0.1, -0.05) is 0 Å². The normalized spacial score (nSPS) is 0. The van der Waals surface area contributed by atoms with Crippen molar-refractivity contribution < 1.29 is 0 Å². The summed E-state index contributed by atoms with van der Waals surface area (Å²) < 4.78 is 0. The van der Waals surface area contributed by atoms with Gasteiger partial charge < -0.3 is 0 Å². The minimum Gasteiger partial charge on any atom is 0 e. The van der Waals surface area contributed by atoms with Crippen LogP contribution in [-0.4, -0.2) is 75.1 Å². The predicted octanol–water partition coefficient (Wildman–Crippen LogP) is -1.52. The van der Waals surface area contributed by atoms with E-state index in [-0.39, 0.29) is 75.1 Å². The van der Waals surface area contributed by atoms with Crippen LogP contribution in [0.5, 0.6) is 0 Å². The van der Waals surface area contributed by atoms with E-state index < -0.39 is 0 Å². The van der Waals surface area contributed by atoms with Crippen molar-refractivity contribution in [2.75, 3.05) is 0 Å². The van der Waals surface area contributed by atoms with Crippen molar-refractivity contribution in [3.63, 3.8) is 0 Å². The van der Waals surface area contributed by atoms with Gasteiger partial charge in [0.05, 0.1) is 0 Å². The van der Waals surface area contributed by atoms with Gasteiger partial charge in [-0.3, -0.25) is 0 Å². The second kappa shape index (κ2) is 19.1. The van der Waals surface area contributed by atoms with E-state index in [2.05, 4.69) is 0 Å². The fourth-order valence-corrected chi connectivity index (χ4v) is 0. The quantitative estimate of drug-likeness (QED) is 0.469. The van der Waals surface area contributed by atoms with Crippen LogP contribution in [0.2, 0.25) is 0 Å². The summed E-state index contributed by atoms with van der Waals surface area (Å²) in [6.07, 6.45) is 0. The summed E-state index contributed by atoms with van der Waals surface area (Å²) in [5.41, 5.74) is 0.